The zero-order valence-corrected chi connectivity index (χ0v) is 15.1. The molecule has 6 heteroatoms. The van der Waals surface area contributed by atoms with Crippen LogP contribution in [0, 0.1) is 18.8 Å². The van der Waals surface area contributed by atoms with E-state index in [0.29, 0.717) is 5.56 Å². The molecule has 1 fully saturated rings. The number of amides is 1. The Labute approximate surface area is 137 Å². The highest BCUT2D eigenvalue weighted by Crippen LogP contribution is 2.24. The minimum atomic E-state index is -0.0267. The number of nitrogens with one attached hydrogen (secondary N) is 2. The van der Waals surface area contributed by atoms with Crippen LogP contribution in [0.4, 0.5) is 5.00 Å². The van der Waals surface area contributed by atoms with E-state index in [9.17, 15) is 4.79 Å². The predicted molar refractivity (Wildman–Crippen MR) is 92.7 cm³/mol. The predicted octanol–water partition coefficient (Wildman–Crippen LogP) is 2.59. The molecule has 0 aromatic carbocycles. The molecule has 2 heterocycles. The summed E-state index contributed by atoms with van der Waals surface area (Å²) < 4.78 is 4.26. The molecule has 0 unspecified atom stereocenters. The van der Waals surface area contributed by atoms with Crippen LogP contribution in [0.3, 0.4) is 0 Å². The van der Waals surface area contributed by atoms with Gasteiger partial charge in [-0.15, -0.1) is 0 Å². The number of piperidine rings is 1. The Kier molecular flexibility index (Phi) is 5.81. The number of nitrogens with zero attached hydrogens (tertiary/aromatic N) is 2. The van der Waals surface area contributed by atoms with Gasteiger partial charge in [-0.25, -0.2) is 0 Å². The van der Waals surface area contributed by atoms with E-state index in [4.69, 9.17) is 0 Å². The molecule has 1 aliphatic heterocycles. The van der Waals surface area contributed by atoms with Gasteiger partial charge in [0, 0.05) is 32.7 Å². The standard InChI is InChI=1S/C16H28N4OS/c1-10-6-11(2)8-20(7-10)9-12(3)18-15(21)14-13(4)19-22-16(14)17-5/h10-12,17H,6-9H2,1-5H3,(H,18,21)/t10-,11-,12-/m1/s1. The van der Waals surface area contributed by atoms with Crippen LogP contribution in [0.2, 0.25) is 0 Å². The van der Waals surface area contributed by atoms with Gasteiger partial charge in [-0.2, -0.15) is 4.37 Å². The number of aromatic nitrogens is 1. The summed E-state index contributed by atoms with van der Waals surface area (Å²) in [6, 6.07) is 0.133. The summed E-state index contributed by atoms with van der Waals surface area (Å²) in [6.07, 6.45) is 1.31. The van der Waals surface area contributed by atoms with E-state index in [1.807, 2.05) is 14.0 Å². The van der Waals surface area contributed by atoms with E-state index in [-0.39, 0.29) is 11.9 Å². The average molecular weight is 324 g/mol. The van der Waals surface area contributed by atoms with Gasteiger partial charge in [0.15, 0.2) is 0 Å². The molecular formula is C16H28N4OS. The van der Waals surface area contributed by atoms with Crippen molar-refractivity contribution in [2.75, 3.05) is 32.0 Å². The van der Waals surface area contributed by atoms with E-state index in [0.717, 1.165) is 42.2 Å². The van der Waals surface area contributed by atoms with Crippen LogP contribution in [-0.4, -0.2) is 47.9 Å². The number of anilines is 1. The zero-order chi connectivity index (χ0) is 16.3. The van der Waals surface area contributed by atoms with Gasteiger partial charge in [-0.05, 0) is 43.6 Å². The third-order valence-corrected chi connectivity index (χ3v) is 5.13. The maximum Gasteiger partial charge on any atom is 0.256 e. The Morgan fingerprint density at radius 3 is 2.64 bits per heavy atom. The summed E-state index contributed by atoms with van der Waals surface area (Å²) in [5.74, 6) is 1.46. The summed E-state index contributed by atoms with van der Waals surface area (Å²) >= 11 is 1.34. The Balaban J connectivity index is 1.92. The second-order valence-corrected chi connectivity index (χ2v) is 7.53. The molecular weight excluding hydrogens is 296 g/mol. The molecule has 0 radical (unpaired) electrons. The van der Waals surface area contributed by atoms with E-state index in [1.165, 1.54) is 18.0 Å². The molecule has 124 valence electrons. The van der Waals surface area contributed by atoms with Crippen molar-refractivity contribution in [3.63, 3.8) is 0 Å². The third kappa shape index (κ3) is 4.20. The van der Waals surface area contributed by atoms with Crippen molar-refractivity contribution >= 4 is 22.4 Å². The molecule has 1 aliphatic rings. The van der Waals surface area contributed by atoms with E-state index >= 15 is 0 Å². The molecule has 0 saturated carbocycles. The van der Waals surface area contributed by atoms with Crippen molar-refractivity contribution in [2.24, 2.45) is 11.8 Å². The van der Waals surface area contributed by atoms with Crippen LogP contribution in [0.25, 0.3) is 0 Å². The zero-order valence-electron chi connectivity index (χ0n) is 14.3. The molecule has 0 spiro atoms. The molecule has 1 aromatic rings. The third-order valence-electron chi connectivity index (χ3n) is 4.17. The molecule has 0 bridgehead atoms. The van der Waals surface area contributed by atoms with E-state index in [1.54, 1.807) is 0 Å². The lowest BCUT2D eigenvalue weighted by molar-refractivity contribution is 0.0905. The van der Waals surface area contributed by atoms with Crippen molar-refractivity contribution in [2.45, 2.75) is 40.2 Å². The van der Waals surface area contributed by atoms with Crippen LogP contribution in [0.15, 0.2) is 0 Å². The minimum absolute atomic E-state index is 0.0267. The summed E-state index contributed by atoms with van der Waals surface area (Å²) in [5.41, 5.74) is 1.47. The first-order valence-corrected chi connectivity index (χ1v) is 8.85. The summed E-state index contributed by atoms with van der Waals surface area (Å²) in [6.45, 7) is 11.8. The molecule has 3 atom stereocenters. The monoisotopic (exact) mass is 324 g/mol. The van der Waals surface area contributed by atoms with Crippen LogP contribution < -0.4 is 10.6 Å². The van der Waals surface area contributed by atoms with Crippen molar-refractivity contribution < 1.29 is 4.79 Å². The fourth-order valence-electron chi connectivity index (χ4n) is 3.48. The normalized spacial score (nSPS) is 24.0. The maximum atomic E-state index is 12.5. The van der Waals surface area contributed by atoms with Crippen molar-refractivity contribution in [1.29, 1.82) is 0 Å². The first kappa shape index (κ1) is 17.2. The smallest absolute Gasteiger partial charge is 0.256 e. The lowest BCUT2D eigenvalue weighted by Gasteiger charge is -2.36. The lowest BCUT2D eigenvalue weighted by atomic mass is 9.92. The summed E-state index contributed by atoms with van der Waals surface area (Å²) in [5, 5.41) is 7.00. The molecule has 1 amide bonds. The fourth-order valence-corrected chi connectivity index (χ4v) is 4.22. The molecule has 2 rings (SSSR count). The van der Waals surface area contributed by atoms with Gasteiger partial charge in [-0.1, -0.05) is 13.8 Å². The van der Waals surface area contributed by atoms with Gasteiger partial charge in [-0.3, -0.25) is 4.79 Å². The maximum absolute atomic E-state index is 12.5. The summed E-state index contributed by atoms with van der Waals surface area (Å²) in [7, 11) is 1.82. The van der Waals surface area contributed by atoms with Crippen LogP contribution in [0.1, 0.15) is 43.2 Å². The summed E-state index contributed by atoms with van der Waals surface area (Å²) in [4.78, 5) is 15.0. The number of carbonyl (C=O) groups is 1. The van der Waals surface area contributed by atoms with E-state index < -0.39 is 0 Å². The molecule has 5 nitrogen and oxygen atoms in total. The van der Waals surface area contributed by atoms with Crippen molar-refractivity contribution in [1.82, 2.24) is 14.6 Å². The molecule has 0 aliphatic carbocycles. The van der Waals surface area contributed by atoms with Crippen LogP contribution >= 0.6 is 11.5 Å². The quantitative estimate of drug-likeness (QED) is 0.874. The van der Waals surface area contributed by atoms with Gasteiger partial charge in [0.05, 0.1) is 11.3 Å². The lowest BCUT2D eigenvalue weighted by Crippen LogP contribution is -2.47. The Morgan fingerprint density at radius 1 is 1.41 bits per heavy atom. The number of hydrogen-bond donors (Lipinski definition) is 2. The molecule has 1 aromatic heterocycles. The van der Waals surface area contributed by atoms with Gasteiger partial charge in [0.25, 0.3) is 5.91 Å². The van der Waals surface area contributed by atoms with Crippen molar-refractivity contribution in [3.05, 3.63) is 11.3 Å². The highest BCUT2D eigenvalue weighted by atomic mass is 32.1. The second kappa shape index (κ2) is 7.42. The second-order valence-electron chi connectivity index (χ2n) is 6.76. The SMILES string of the molecule is CNc1snc(C)c1C(=O)N[C@H](C)CN1C[C@H](C)C[C@@H](C)C1. The molecule has 22 heavy (non-hydrogen) atoms. The van der Waals surface area contributed by atoms with Gasteiger partial charge in [0.2, 0.25) is 0 Å². The number of rotatable bonds is 5. The number of aryl methyl sites for hydroxylation is 1. The molecule has 2 N–H and O–H groups in total. The highest BCUT2D eigenvalue weighted by Gasteiger charge is 2.24. The number of hydrogen-bond acceptors (Lipinski definition) is 5. The van der Waals surface area contributed by atoms with Crippen LogP contribution in [-0.2, 0) is 0 Å². The Bertz CT molecular complexity index is 506. The first-order valence-electron chi connectivity index (χ1n) is 8.08. The van der Waals surface area contributed by atoms with E-state index in [2.05, 4.69) is 40.7 Å². The largest absolute Gasteiger partial charge is 0.378 e. The topological polar surface area (TPSA) is 57.3 Å². The Hall–Kier alpha value is -1.14. The van der Waals surface area contributed by atoms with Gasteiger partial charge >= 0.3 is 0 Å². The minimum Gasteiger partial charge on any atom is -0.378 e. The van der Waals surface area contributed by atoms with Gasteiger partial charge in [0.1, 0.15) is 5.00 Å². The number of carbonyl (C=O) groups excluding carboxylic acids is 1. The number of likely N-dealkylation sites (tertiary alicyclic amines) is 1. The van der Waals surface area contributed by atoms with Gasteiger partial charge < -0.3 is 15.5 Å². The fraction of sp³-hybridized carbons (Fsp3) is 0.750. The first-order chi connectivity index (χ1) is 10.4. The van der Waals surface area contributed by atoms with Crippen molar-refractivity contribution in [3.8, 4) is 0 Å². The Morgan fingerprint density at radius 2 is 2.05 bits per heavy atom. The average Bonchev–Trinajstić information content (AvgIpc) is 2.78. The van der Waals surface area contributed by atoms with Crippen LogP contribution in [0.5, 0.6) is 0 Å². The highest BCUT2D eigenvalue weighted by molar-refractivity contribution is 7.10. The molecule has 1 saturated heterocycles.